The fourth-order valence-corrected chi connectivity index (χ4v) is 1.76. The Morgan fingerprint density at radius 2 is 1.95 bits per heavy atom. The summed E-state index contributed by atoms with van der Waals surface area (Å²) in [5.74, 6) is 0.0443. The number of nitrogens with one attached hydrogen (secondary N) is 1. The monoisotopic (exact) mass is 264 g/mol. The van der Waals surface area contributed by atoms with Crippen LogP contribution < -0.4 is 11.1 Å². The molecule has 1 aromatic rings. The van der Waals surface area contributed by atoms with Crippen molar-refractivity contribution in [2.75, 3.05) is 18.9 Å². The van der Waals surface area contributed by atoms with Crippen molar-refractivity contribution < 1.29 is 9.90 Å². The van der Waals surface area contributed by atoms with E-state index in [0.717, 1.165) is 11.3 Å². The van der Waals surface area contributed by atoms with Gasteiger partial charge in [0.2, 0.25) is 5.91 Å². The lowest BCUT2D eigenvalue weighted by Gasteiger charge is -2.23. The second kappa shape index (κ2) is 7.14. The minimum atomic E-state index is -0.0639. The van der Waals surface area contributed by atoms with Gasteiger partial charge in [-0.1, -0.05) is 26.0 Å². The number of anilines is 1. The summed E-state index contributed by atoms with van der Waals surface area (Å²) in [7, 11) is 0. The Balaban J connectivity index is 2.30. The van der Waals surface area contributed by atoms with E-state index in [2.05, 4.69) is 5.32 Å². The number of aryl methyl sites for hydroxylation is 1. The topological polar surface area (TPSA) is 75.3 Å². The fraction of sp³-hybridized carbons (Fsp3) is 0.533. The zero-order chi connectivity index (χ0) is 14.3. The number of hydrogen-bond donors (Lipinski definition) is 3. The van der Waals surface area contributed by atoms with E-state index >= 15 is 0 Å². The number of nitrogen functional groups attached to an aromatic ring is 1. The lowest BCUT2D eigenvalue weighted by Crippen LogP contribution is -2.34. The maximum absolute atomic E-state index is 11.7. The molecule has 1 amide bonds. The molecular formula is C15H24N2O2. The van der Waals surface area contributed by atoms with Gasteiger partial charge < -0.3 is 16.2 Å². The molecule has 0 heterocycles. The molecule has 106 valence electrons. The Hall–Kier alpha value is -1.55. The molecule has 0 aromatic heterocycles. The number of benzene rings is 1. The molecule has 0 atom stereocenters. The van der Waals surface area contributed by atoms with Crippen molar-refractivity contribution in [2.45, 2.75) is 33.1 Å². The van der Waals surface area contributed by atoms with Crippen molar-refractivity contribution in [1.82, 2.24) is 5.32 Å². The van der Waals surface area contributed by atoms with Gasteiger partial charge in [-0.3, -0.25) is 4.79 Å². The third-order valence-electron chi connectivity index (χ3n) is 3.17. The average Bonchev–Trinajstić information content (AvgIpc) is 2.36. The van der Waals surface area contributed by atoms with Gasteiger partial charge in [-0.05, 0) is 36.0 Å². The van der Waals surface area contributed by atoms with E-state index in [4.69, 9.17) is 10.8 Å². The van der Waals surface area contributed by atoms with Gasteiger partial charge in [-0.25, -0.2) is 0 Å². The molecule has 4 N–H and O–H groups in total. The van der Waals surface area contributed by atoms with Crippen LogP contribution in [-0.4, -0.2) is 24.2 Å². The van der Waals surface area contributed by atoms with Crippen LogP contribution in [0, 0.1) is 5.41 Å². The van der Waals surface area contributed by atoms with E-state index in [9.17, 15) is 4.79 Å². The predicted octanol–water partition coefficient (Wildman–Crippen LogP) is 1.73. The number of carbonyl (C=O) groups is 1. The number of carbonyl (C=O) groups excluding carboxylic acids is 1. The summed E-state index contributed by atoms with van der Waals surface area (Å²) in [4.78, 5) is 11.7. The number of hydrogen-bond acceptors (Lipinski definition) is 3. The third kappa shape index (κ3) is 6.25. The summed E-state index contributed by atoms with van der Waals surface area (Å²) >= 11 is 0. The molecule has 1 rings (SSSR count). The summed E-state index contributed by atoms with van der Waals surface area (Å²) in [5, 5.41) is 11.8. The Morgan fingerprint density at radius 3 is 2.53 bits per heavy atom. The minimum Gasteiger partial charge on any atom is -0.399 e. The van der Waals surface area contributed by atoms with E-state index in [1.165, 1.54) is 0 Å². The highest BCUT2D eigenvalue weighted by Crippen LogP contribution is 2.18. The first-order chi connectivity index (χ1) is 8.93. The van der Waals surface area contributed by atoms with Gasteiger partial charge >= 0.3 is 0 Å². The van der Waals surface area contributed by atoms with Crippen LogP contribution in [0.1, 0.15) is 32.3 Å². The summed E-state index contributed by atoms with van der Waals surface area (Å²) in [5.41, 5.74) is 7.39. The lowest BCUT2D eigenvalue weighted by molar-refractivity contribution is -0.121. The van der Waals surface area contributed by atoms with Crippen LogP contribution in [-0.2, 0) is 11.2 Å². The fourth-order valence-electron chi connectivity index (χ4n) is 1.76. The summed E-state index contributed by atoms with van der Waals surface area (Å²) in [6.45, 7) is 4.80. The van der Waals surface area contributed by atoms with Gasteiger partial charge in [-0.2, -0.15) is 0 Å². The molecule has 19 heavy (non-hydrogen) atoms. The summed E-state index contributed by atoms with van der Waals surface area (Å²) < 4.78 is 0. The van der Waals surface area contributed by atoms with Gasteiger partial charge in [0.1, 0.15) is 0 Å². The minimum absolute atomic E-state index is 0.0443. The van der Waals surface area contributed by atoms with Crippen molar-refractivity contribution in [3.05, 3.63) is 29.8 Å². The van der Waals surface area contributed by atoms with E-state index in [1.807, 2.05) is 38.1 Å². The maximum atomic E-state index is 11.7. The lowest BCUT2D eigenvalue weighted by atomic mass is 9.90. The molecule has 0 bridgehead atoms. The highest BCUT2D eigenvalue weighted by Gasteiger charge is 2.17. The molecule has 0 radical (unpaired) electrons. The summed E-state index contributed by atoms with van der Waals surface area (Å²) in [6, 6.07) is 7.58. The predicted molar refractivity (Wildman–Crippen MR) is 77.7 cm³/mol. The van der Waals surface area contributed by atoms with Gasteiger partial charge in [0, 0.05) is 25.3 Å². The van der Waals surface area contributed by atoms with Gasteiger partial charge in [0.15, 0.2) is 0 Å². The SMILES string of the molecule is CC(C)(CCO)CNC(=O)CCc1ccc(N)cc1. The molecule has 0 spiro atoms. The Bertz CT molecular complexity index is 399. The number of nitrogens with two attached hydrogens (primary N) is 1. The second-order valence-electron chi connectivity index (χ2n) is 5.66. The van der Waals surface area contributed by atoms with E-state index in [-0.39, 0.29) is 17.9 Å². The van der Waals surface area contributed by atoms with Crippen LogP contribution in [0.15, 0.2) is 24.3 Å². The highest BCUT2D eigenvalue weighted by molar-refractivity contribution is 5.76. The molecular weight excluding hydrogens is 240 g/mol. The Kier molecular flexibility index (Phi) is 5.83. The van der Waals surface area contributed by atoms with Crippen LogP contribution in [0.25, 0.3) is 0 Å². The van der Waals surface area contributed by atoms with Crippen LogP contribution in [0.2, 0.25) is 0 Å². The molecule has 0 saturated heterocycles. The molecule has 0 saturated carbocycles. The van der Waals surface area contributed by atoms with Crippen molar-refractivity contribution >= 4 is 11.6 Å². The first-order valence-corrected chi connectivity index (χ1v) is 6.65. The zero-order valence-corrected chi connectivity index (χ0v) is 11.8. The number of aliphatic hydroxyl groups excluding tert-OH is 1. The first kappa shape index (κ1) is 15.5. The standard InChI is InChI=1S/C15H24N2O2/c1-15(2,9-10-18)11-17-14(19)8-5-12-3-6-13(16)7-4-12/h3-4,6-7,18H,5,8-11,16H2,1-2H3,(H,17,19). The summed E-state index contributed by atoms with van der Waals surface area (Å²) in [6.07, 6.45) is 1.87. The second-order valence-corrected chi connectivity index (χ2v) is 5.66. The molecule has 4 nitrogen and oxygen atoms in total. The van der Waals surface area contributed by atoms with Crippen LogP contribution in [0.4, 0.5) is 5.69 Å². The van der Waals surface area contributed by atoms with Gasteiger partial charge in [-0.15, -0.1) is 0 Å². The van der Waals surface area contributed by atoms with Crippen molar-refractivity contribution in [1.29, 1.82) is 0 Å². The molecule has 0 fully saturated rings. The molecule has 4 heteroatoms. The average molecular weight is 264 g/mol. The van der Waals surface area contributed by atoms with E-state index < -0.39 is 0 Å². The van der Waals surface area contributed by atoms with Crippen LogP contribution in [0.5, 0.6) is 0 Å². The highest BCUT2D eigenvalue weighted by atomic mass is 16.3. The normalized spacial score (nSPS) is 11.3. The van der Waals surface area contributed by atoms with E-state index in [0.29, 0.717) is 25.8 Å². The third-order valence-corrected chi connectivity index (χ3v) is 3.17. The van der Waals surface area contributed by atoms with Crippen LogP contribution >= 0.6 is 0 Å². The molecule has 0 aliphatic rings. The Morgan fingerprint density at radius 1 is 1.32 bits per heavy atom. The first-order valence-electron chi connectivity index (χ1n) is 6.65. The number of rotatable bonds is 7. The number of aliphatic hydroxyl groups is 1. The largest absolute Gasteiger partial charge is 0.399 e. The van der Waals surface area contributed by atoms with Crippen molar-refractivity contribution in [3.8, 4) is 0 Å². The van der Waals surface area contributed by atoms with Crippen LogP contribution in [0.3, 0.4) is 0 Å². The quantitative estimate of drug-likeness (QED) is 0.656. The van der Waals surface area contributed by atoms with E-state index in [1.54, 1.807) is 0 Å². The molecule has 1 aromatic carbocycles. The van der Waals surface area contributed by atoms with Gasteiger partial charge in [0.25, 0.3) is 0 Å². The van der Waals surface area contributed by atoms with Gasteiger partial charge in [0.05, 0.1) is 0 Å². The molecule has 0 aliphatic heterocycles. The van der Waals surface area contributed by atoms with Crippen molar-refractivity contribution in [2.24, 2.45) is 5.41 Å². The smallest absolute Gasteiger partial charge is 0.220 e. The number of amides is 1. The van der Waals surface area contributed by atoms with Crippen molar-refractivity contribution in [3.63, 3.8) is 0 Å². The zero-order valence-electron chi connectivity index (χ0n) is 11.8. The molecule has 0 unspecified atom stereocenters. The maximum Gasteiger partial charge on any atom is 0.220 e. The Labute approximate surface area is 115 Å². The molecule has 0 aliphatic carbocycles.